The fourth-order valence-corrected chi connectivity index (χ4v) is 2.52. The highest BCUT2D eigenvalue weighted by molar-refractivity contribution is 7.89. The molecule has 0 aromatic rings. The minimum Gasteiger partial charge on any atom is -0.330 e. The first kappa shape index (κ1) is 9.95. The molecule has 0 atom stereocenters. The van der Waals surface area contributed by atoms with Crippen LogP contribution in [0.25, 0.3) is 0 Å². The maximum atomic E-state index is 11.2. The lowest BCUT2D eigenvalue weighted by atomic mass is 9.94. The number of nitrogens with two attached hydrogens (primary N) is 1. The first-order valence-electron chi connectivity index (χ1n) is 4.34. The molecule has 72 valence electrons. The van der Waals surface area contributed by atoms with E-state index in [-0.39, 0.29) is 11.8 Å². The minimum atomic E-state index is -3.03. The molecule has 4 nitrogen and oxygen atoms in total. The van der Waals surface area contributed by atoms with Crippen LogP contribution < -0.4 is 10.5 Å². The lowest BCUT2D eigenvalue weighted by molar-refractivity contribution is 0.383. The molecule has 12 heavy (non-hydrogen) atoms. The highest BCUT2D eigenvalue weighted by Gasteiger charge is 2.22. The van der Waals surface area contributed by atoms with Gasteiger partial charge in [0.1, 0.15) is 0 Å². The Bertz CT molecular complexity index is 222. The molecule has 0 spiro atoms. The van der Waals surface area contributed by atoms with Crippen molar-refractivity contribution in [3.05, 3.63) is 0 Å². The summed E-state index contributed by atoms with van der Waals surface area (Å²) in [5.41, 5.74) is 5.22. The maximum absolute atomic E-state index is 11.2. The van der Waals surface area contributed by atoms with Gasteiger partial charge in [-0.1, -0.05) is 6.42 Å². The van der Waals surface area contributed by atoms with Gasteiger partial charge in [0.25, 0.3) is 0 Å². The van der Waals surface area contributed by atoms with Crippen LogP contribution in [0, 0.1) is 0 Å². The lowest BCUT2D eigenvalue weighted by Gasteiger charge is -2.25. The molecule has 0 radical (unpaired) electrons. The fraction of sp³-hybridized carbons (Fsp3) is 1.00. The van der Waals surface area contributed by atoms with E-state index in [0.717, 1.165) is 19.3 Å². The summed E-state index contributed by atoms with van der Waals surface area (Å²) in [6, 6.07) is 0.202. The Balaban J connectivity index is 2.27. The van der Waals surface area contributed by atoms with E-state index in [0.29, 0.717) is 13.0 Å². The van der Waals surface area contributed by atoms with E-state index in [1.165, 1.54) is 0 Å². The minimum absolute atomic E-state index is 0.167. The molecule has 0 aromatic heterocycles. The molecule has 0 bridgehead atoms. The predicted molar refractivity (Wildman–Crippen MR) is 48.2 cm³/mol. The van der Waals surface area contributed by atoms with Gasteiger partial charge in [-0.05, 0) is 25.8 Å². The van der Waals surface area contributed by atoms with Crippen molar-refractivity contribution in [3.8, 4) is 0 Å². The Kier molecular flexibility index (Phi) is 3.49. The zero-order valence-electron chi connectivity index (χ0n) is 7.12. The van der Waals surface area contributed by atoms with Crippen molar-refractivity contribution >= 4 is 10.0 Å². The van der Waals surface area contributed by atoms with Crippen molar-refractivity contribution in [1.29, 1.82) is 0 Å². The van der Waals surface area contributed by atoms with Crippen LogP contribution in [-0.2, 0) is 10.0 Å². The molecule has 1 rings (SSSR count). The summed E-state index contributed by atoms with van der Waals surface area (Å²) >= 11 is 0. The molecule has 0 saturated heterocycles. The van der Waals surface area contributed by atoms with Gasteiger partial charge >= 0.3 is 0 Å². The standard InChI is InChI=1S/C7H16N2O2S/c8-5-2-6-12(10,11)9-7-3-1-4-7/h7,9H,1-6,8H2. The molecule has 5 heteroatoms. The van der Waals surface area contributed by atoms with Crippen LogP contribution >= 0.6 is 0 Å². The van der Waals surface area contributed by atoms with Crippen LogP contribution in [0.15, 0.2) is 0 Å². The van der Waals surface area contributed by atoms with Crippen molar-refractivity contribution in [3.63, 3.8) is 0 Å². The Morgan fingerprint density at radius 3 is 2.50 bits per heavy atom. The van der Waals surface area contributed by atoms with Crippen molar-refractivity contribution in [2.75, 3.05) is 12.3 Å². The largest absolute Gasteiger partial charge is 0.330 e. The summed E-state index contributed by atoms with van der Waals surface area (Å²) in [7, 11) is -3.03. The van der Waals surface area contributed by atoms with E-state index in [1.54, 1.807) is 0 Å². The molecule has 0 aromatic carbocycles. The van der Waals surface area contributed by atoms with Crippen molar-refractivity contribution < 1.29 is 8.42 Å². The molecule has 1 aliphatic rings. The maximum Gasteiger partial charge on any atom is 0.211 e. The Labute approximate surface area is 73.6 Å². The molecule has 0 amide bonds. The summed E-state index contributed by atoms with van der Waals surface area (Å²) in [6.45, 7) is 0.436. The van der Waals surface area contributed by atoms with Gasteiger partial charge in [-0.25, -0.2) is 13.1 Å². The van der Waals surface area contributed by atoms with Gasteiger partial charge in [-0.2, -0.15) is 0 Å². The lowest BCUT2D eigenvalue weighted by Crippen LogP contribution is -2.40. The van der Waals surface area contributed by atoms with E-state index < -0.39 is 10.0 Å². The van der Waals surface area contributed by atoms with Gasteiger partial charge in [0.2, 0.25) is 10.0 Å². The van der Waals surface area contributed by atoms with Crippen LogP contribution in [0.3, 0.4) is 0 Å². The third-order valence-corrected chi connectivity index (χ3v) is 3.59. The molecular weight excluding hydrogens is 176 g/mol. The van der Waals surface area contributed by atoms with Gasteiger partial charge in [0.05, 0.1) is 5.75 Å². The van der Waals surface area contributed by atoms with Crippen molar-refractivity contribution in [2.24, 2.45) is 5.73 Å². The van der Waals surface area contributed by atoms with E-state index in [9.17, 15) is 8.42 Å². The summed E-state index contributed by atoms with van der Waals surface area (Å²) in [5, 5.41) is 0. The predicted octanol–water partition coefficient (Wildman–Crippen LogP) is -0.193. The van der Waals surface area contributed by atoms with E-state index >= 15 is 0 Å². The number of hydrogen-bond acceptors (Lipinski definition) is 3. The first-order valence-corrected chi connectivity index (χ1v) is 5.99. The second-order valence-electron chi connectivity index (χ2n) is 3.21. The molecular formula is C7H16N2O2S. The molecule has 0 heterocycles. The van der Waals surface area contributed by atoms with Crippen LogP contribution in [0.4, 0.5) is 0 Å². The van der Waals surface area contributed by atoms with Gasteiger partial charge in [0, 0.05) is 6.04 Å². The Morgan fingerprint density at radius 2 is 2.08 bits per heavy atom. The van der Waals surface area contributed by atoms with Crippen LogP contribution in [0.5, 0.6) is 0 Å². The SMILES string of the molecule is NCCCS(=O)(=O)NC1CCC1. The molecule has 1 fully saturated rings. The van der Waals surface area contributed by atoms with Gasteiger partial charge in [-0.3, -0.25) is 0 Å². The molecule has 1 aliphatic carbocycles. The zero-order chi connectivity index (χ0) is 9.03. The van der Waals surface area contributed by atoms with Gasteiger partial charge < -0.3 is 5.73 Å². The van der Waals surface area contributed by atoms with Gasteiger partial charge in [0.15, 0.2) is 0 Å². The van der Waals surface area contributed by atoms with Gasteiger partial charge in [-0.15, -0.1) is 0 Å². The van der Waals surface area contributed by atoms with E-state index in [2.05, 4.69) is 4.72 Å². The van der Waals surface area contributed by atoms with Crippen molar-refractivity contribution in [2.45, 2.75) is 31.7 Å². The quantitative estimate of drug-likeness (QED) is 0.634. The second-order valence-corrected chi connectivity index (χ2v) is 5.08. The topological polar surface area (TPSA) is 72.2 Å². The normalized spacial score (nSPS) is 19.1. The van der Waals surface area contributed by atoms with E-state index in [4.69, 9.17) is 5.73 Å². The highest BCUT2D eigenvalue weighted by atomic mass is 32.2. The zero-order valence-corrected chi connectivity index (χ0v) is 7.94. The smallest absolute Gasteiger partial charge is 0.211 e. The molecule has 3 N–H and O–H groups in total. The average Bonchev–Trinajstić information content (AvgIpc) is 1.94. The van der Waals surface area contributed by atoms with E-state index in [1.807, 2.05) is 0 Å². The number of hydrogen-bond donors (Lipinski definition) is 2. The summed E-state index contributed by atoms with van der Waals surface area (Å²) in [5.74, 6) is 0.167. The average molecular weight is 192 g/mol. The first-order chi connectivity index (χ1) is 5.64. The molecule has 0 aliphatic heterocycles. The third kappa shape index (κ3) is 3.08. The van der Waals surface area contributed by atoms with Crippen LogP contribution in [0.1, 0.15) is 25.7 Å². The molecule has 0 unspecified atom stereocenters. The molecule has 1 saturated carbocycles. The highest BCUT2D eigenvalue weighted by Crippen LogP contribution is 2.18. The Morgan fingerprint density at radius 1 is 1.42 bits per heavy atom. The summed E-state index contributed by atoms with van der Waals surface area (Å²) in [4.78, 5) is 0. The summed E-state index contributed by atoms with van der Waals surface area (Å²) < 4.78 is 25.1. The number of nitrogens with one attached hydrogen (secondary N) is 1. The van der Waals surface area contributed by atoms with Crippen LogP contribution in [0.2, 0.25) is 0 Å². The monoisotopic (exact) mass is 192 g/mol. The fourth-order valence-electron chi connectivity index (χ4n) is 1.11. The summed E-state index contributed by atoms with van der Waals surface area (Å²) in [6.07, 6.45) is 3.66. The van der Waals surface area contributed by atoms with Crippen LogP contribution in [-0.4, -0.2) is 26.8 Å². The number of rotatable bonds is 5. The Hall–Kier alpha value is -0.130. The number of sulfonamides is 1. The third-order valence-electron chi connectivity index (χ3n) is 2.07. The van der Waals surface area contributed by atoms with Crippen molar-refractivity contribution in [1.82, 2.24) is 4.72 Å². The second kappa shape index (κ2) is 4.20.